The van der Waals surface area contributed by atoms with Crippen molar-refractivity contribution in [3.05, 3.63) is 66.3 Å². The Hall–Kier alpha value is -4.88. The third-order valence-corrected chi connectivity index (χ3v) is 10.2. The number of fused-ring (bicyclic) bond motifs is 3. The Bertz CT molecular complexity index is 1890. The largest absolute Gasteiger partial charge is 0.365 e. The molecule has 2 bridgehead atoms. The minimum absolute atomic E-state index is 0.0220. The van der Waals surface area contributed by atoms with Crippen LogP contribution >= 0.6 is 11.3 Å². The molecule has 5 aromatic rings. The zero-order chi connectivity index (χ0) is 31.2. The van der Waals surface area contributed by atoms with Gasteiger partial charge in [-0.3, -0.25) is 19.6 Å². The highest BCUT2D eigenvalue weighted by Crippen LogP contribution is 2.36. The van der Waals surface area contributed by atoms with Crippen molar-refractivity contribution in [3.63, 3.8) is 0 Å². The van der Waals surface area contributed by atoms with Gasteiger partial charge in [0.05, 0.1) is 24.0 Å². The smallest absolute Gasteiger partial charge is 0.237 e. The first-order chi connectivity index (χ1) is 22.5. The molecule has 6 heterocycles. The summed E-state index contributed by atoms with van der Waals surface area (Å²) in [4.78, 5) is 46.5. The number of nitrogens with one attached hydrogen (secondary N) is 3. The molecule has 3 atom stereocenters. The van der Waals surface area contributed by atoms with Crippen molar-refractivity contribution in [2.75, 3.05) is 55.3 Å². The fourth-order valence-electron chi connectivity index (χ4n) is 7.04. The van der Waals surface area contributed by atoms with Crippen molar-refractivity contribution in [2.45, 2.75) is 24.9 Å². The number of aromatic nitrogens is 5. The van der Waals surface area contributed by atoms with E-state index >= 15 is 0 Å². The van der Waals surface area contributed by atoms with Crippen LogP contribution in [0.5, 0.6) is 0 Å². The summed E-state index contributed by atoms with van der Waals surface area (Å²) in [7, 11) is 1.84. The number of likely N-dealkylation sites (tertiary alicyclic amines) is 2. The number of benzene rings is 2. The van der Waals surface area contributed by atoms with E-state index in [0.29, 0.717) is 19.1 Å². The molecule has 0 unspecified atom stereocenters. The van der Waals surface area contributed by atoms with Gasteiger partial charge in [-0.15, -0.1) is 11.3 Å². The normalized spacial score (nSPS) is 20.9. The Balaban J connectivity index is 0.847. The molecule has 3 saturated heterocycles. The van der Waals surface area contributed by atoms with E-state index in [0.717, 1.165) is 77.0 Å². The minimum atomic E-state index is -0.168. The van der Waals surface area contributed by atoms with Crippen LogP contribution in [-0.2, 0) is 9.59 Å². The number of anilines is 3. The molecule has 13 heteroatoms. The Morgan fingerprint density at radius 1 is 1.04 bits per heavy atom. The first kappa shape index (κ1) is 28.6. The fourth-order valence-corrected chi connectivity index (χ4v) is 7.70. The zero-order valence-electron chi connectivity index (χ0n) is 25.4. The second-order valence-corrected chi connectivity index (χ2v) is 13.0. The van der Waals surface area contributed by atoms with E-state index in [-0.39, 0.29) is 23.8 Å². The number of nitrogens with zero attached hydrogens (tertiary/aromatic N) is 7. The van der Waals surface area contributed by atoms with Gasteiger partial charge in [-0.25, -0.2) is 15.0 Å². The molecule has 3 aliphatic rings. The van der Waals surface area contributed by atoms with Gasteiger partial charge in [0, 0.05) is 72.8 Å². The quantitative estimate of drug-likeness (QED) is 0.232. The highest BCUT2D eigenvalue weighted by Gasteiger charge is 2.45. The number of aromatic amines is 1. The van der Waals surface area contributed by atoms with Gasteiger partial charge in [0.2, 0.25) is 11.8 Å². The third-order valence-electron chi connectivity index (χ3n) is 9.38. The summed E-state index contributed by atoms with van der Waals surface area (Å²) in [5.74, 6) is 0.687. The van der Waals surface area contributed by atoms with Crippen LogP contribution in [0.1, 0.15) is 12.8 Å². The number of carbonyl (C=O) groups excluding carboxylic acids is 2. The number of piperazine rings is 1. The molecule has 3 fully saturated rings. The van der Waals surface area contributed by atoms with Gasteiger partial charge >= 0.3 is 0 Å². The average Bonchev–Trinajstić information content (AvgIpc) is 3.93. The lowest BCUT2D eigenvalue weighted by Crippen LogP contribution is -2.51. The molecule has 12 nitrogen and oxygen atoms in total. The lowest BCUT2D eigenvalue weighted by atomic mass is 10.1. The number of hydrogen-bond acceptors (Lipinski definition) is 10. The van der Waals surface area contributed by atoms with Gasteiger partial charge in [-0.1, -0.05) is 0 Å². The monoisotopic (exact) mass is 634 g/mol. The van der Waals surface area contributed by atoms with Crippen molar-refractivity contribution < 1.29 is 9.59 Å². The molecule has 0 saturated carbocycles. The van der Waals surface area contributed by atoms with Crippen molar-refractivity contribution in [3.8, 4) is 22.8 Å². The first-order valence-electron chi connectivity index (χ1n) is 15.6. The molecule has 0 spiro atoms. The predicted molar refractivity (Wildman–Crippen MR) is 179 cm³/mol. The summed E-state index contributed by atoms with van der Waals surface area (Å²) in [5, 5.41) is 17.4. The van der Waals surface area contributed by atoms with E-state index in [1.165, 1.54) is 17.0 Å². The zero-order valence-corrected chi connectivity index (χ0v) is 26.2. The standard InChI is InChI=1S/C33H34N10O2S/c1-34-33-38-28(19-46-33)30-26-13-22(5-8-27(26)39-40-30)37-32(45)21-9-12-41(15-21)18-29(44)43-17-24-14-25(43)16-42(24)23-6-3-20(4-7-23)31-35-10-2-11-36-31/h2-8,10-11,13,19,21,24-25H,9,12,14-18H2,1H3,(H,34,38)(H,37,45)(H,39,40)/t21-,24-,25-/m1/s1. The lowest BCUT2D eigenvalue weighted by molar-refractivity contribution is -0.133. The molecule has 2 aromatic carbocycles. The van der Waals surface area contributed by atoms with Crippen LogP contribution in [0.2, 0.25) is 0 Å². The SMILES string of the molecule is CNc1nc(-c2n[nH]c3ccc(NC(=O)[C@@H]4CCN(CC(=O)N5C[C@H]6C[C@@H]5CN6c5ccc(-c6ncccn6)cc5)C4)cc23)cs1. The van der Waals surface area contributed by atoms with Crippen LogP contribution in [0, 0.1) is 5.92 Å². The van der Waals surface area contributed by atoms with Gasteiger partial charge < -0.3 is 20.4 Å². The Morgan fingerprint density at radius 2 is 1.89 bits per heavy atom. The van der Waals surface area contributed by atoms with Crippen molar-refractivity contribution in [2.24, 2.45) is 5.92 Å². The van der Waals surface area contributed by atoms with Gasteiger partial charge in [0.15, 0.2) is 11.0 Å². The van der Waals surface area contributed by atoms with Crippen LogP contribution in [0.15, 0.2) is 66.3 Å². The number of carbonyl (C=O) groups is 2. The second kappa shape index (κ2) is 11.8. The molecule has 3 aliphatic heterocycles. The summed E-state index contributed by atoms with van der Waals surface area (Å²) in [5.41, 5.74) is 5.30. The number of hydrogen-bond donors (Lipinski definition) is 3. The van der Waals surface area contributed by atoms with E-state index in [1.807, 2.05) is 36.7 Å². The van der Waals surface area contributed by atoms with E-state index in [4.69, 9.17) is 0 Å². The van der Waals surface area contributed by atoms with E-state index in [1.54, 1.807) is 12.4 Å². The second-order valence-electron chi connectivity index (χ2n) is 12.2. The number of thiazole rings is 1. The highest BCUT2D eigenvalue weighted by atomic mass is 32.1. The fraction of sp³-hybridized carbons (Fsp3) is 0.333. The summed E-state index contributed by atoms with van der Waals surface area (Å²) < 4.78 is 0. The van der Waals surface area contributed by atoms with Crippen LogP contribution in [0.4, 0.5) is 16.5 Å². The number of amides is 2. The molecule has 0 aliphatic carbocycles. The van der Waals surface area contributed by atoms with Crippen LogP contribution < -0.4 is 15.5 Å². The maximum Gasteiger partial charge on any atom is 0.237 e. The van der Waals surface area contributed by atoms with Gasteiger partial charge in [0.1, 0.15) is 11.4 Å². The van der Waals surface area contributed by atoms with E-state index in [9.17, 15) is 9.59 Å². The summed E-state index contributed by atoms with van der Waals surface area (Å²) >= 11 is 1.52. The van der Waals surface area contributed by atoms with Crippen LogP contribution in [0.25, 0.3) is 33.7 Å². The van der Waals surface area contributed by atoms with Crippen LogP contribution in [-0.4, -0.2) is 98.6 Å². The maximum atomic E-state index is 13.4. The first-order valence-corrected chi connectivity index (χ1v) is 16.5. The molecule has 3 aromatic heterocycles. The van der Waals surface area contributed by atoms with Gasteiger partial charge in [-0.2, -0.15) is 5.10 Å². The van der Waals surface area contributed by atoms with Crippen LogP contribution in [0.3, 0.4) is 0 Å². The van der Waals surface area contributed by atoms with Crippen molar-refractivity contribution >= 4 is 50.6 Å². The molecule has 234 valence electrons. The maximum absolute atomic E-state index is 13.4. The molecule has 46 heavy (non-hydrogen) atoms. The van der Waals surface area contributed by atoms with Gasteiger partial charge in [0.25, 0.3) is 0 Å². The predicted octanol–water partition coefficient (Wildman–Crippen LogP) is 3.94. The summed E-state index contributed by atoms with van der Waals surface area (Å²) in [6, 6.07) is 16.5. The summed E-state index contributed by atoms with van der Waals surface area (Å²) in [6.45, 7) is 3.24. The van der Waals surface area contributed by atoms with E-state index < -0.39 is 0 Å². The molecule has 8 rings (SSSR count). The molecule has 3 N–H and O–H groups in total. The topological polar surface area (TPSA) is 135 Å². The van der Waals surface area contributed by atoms with E-state index in [2.05, 4.69) is 74.7 Å². The average molecular weight is 635 g/mol. The highest BCUT2D eigenvalue weighted by molar-refractivity contribution is 7.14. The Labute approximate surface area is 269 Å². The third kappa shape index (κ3) is 5.35. The Morgan fingerprint density at radius 3 is 2.65 bits per heavy atom. The minimum Gasteiger partial charge on any atom is -0.365 e. The van der Waals surface area contributed by atoms with Gasteiger partial charge in [-0.05, 0) is 67.9 Å². The molecular formula is C33H34N10O2S. The van der Waals surface area contributed by atoms with Crippen molar-refractivity contribution in [1.82, 2.24) is 34.9 Å². The molecule has 2 amide bonds. The summed E-state index contributed by atoms with van der Waals surface area (Å²) in [6.07, 6.45) is 5.22. The molecule has 0 radical (unpaired) electrons. The van der Waals surface area contributed by atoms with Crippen molar-refractivity contribution in [1.29, 1.82) is 0 Å². The number of H-pyrrole nitrogens is 1. The lowest BCUT2D eigenvalue weighted by Gasteiger charge is -2.36. The Kier molecular flexibility index (Phi) is 7.34. The molecular weight excluding hydrogens is 600 g/mol. The number of rotatable bonds is 8.